The van der Waals surface area contributed by atoms with Gasteiger partial charge in [0.25, 0.3) is 0 Å². The van der Waals surface area contributed by atoms with E-state index in [-0.39, 0.29) is 6.10 Å². The molecule has 0 amide bonds. The first-order valence-electron chi connectivity index (χ1n) is 7.65. The highest BCUT2D eigenvalue weighted by atomic mass is 16.3. The van der Waals surface area contributed by atoms with E-state index in [9.17, 15) is 5.11 Å². The molecule has 0 heterocycles. The Balaban J connectivity index is 3.43. The minimum Gasteiger partial charge on any atom is -0.393 e. The van der Waals surface area contributed by atoms with Crippen LogP contribution in [-0.2, 0) is 0 Å². The molecule has 0 aromatic heterocycles. The molecule has 0 saturated carbocycles. The van der Waals surface area contributed by atoms with Gasteiger partial charge >= 0.3 is 0 Å². The van der Waals surface area contributed by atoms with E-state index in [0.717, 1.165) is 11.8 Å². The van der Waals surface area contributed by atoms with E-state index in [4.69, 9.17) is 0 Å². The first-order chi connectivity index (χ1) is 7.97. The molecule has 104 valence electrons. The first-order valence-corrected chi connectivity index (χ1v) is 7.65. The number of hydrogen-bond donors (Lipinski definition) is 1. The van der Waals surface area contributed by atoms with Gasteiger partial charge in [0.1, 0.15) is 0 Å². The third kappa shape index (κ3) is 9.64. The van der Waals surface area contributed by atoms with Crippen molar-refractivity contribution in [1.82, 2.24) is 0 Å². The molecule has 0 aliphatic rings. The molecule has 0 spiro atoms. The summed E-state index contributed by atoms with van der Waals surface area (Å²) in [5.41, 5.74) is 0. The molecule has 0 rings (SSSR count). The monoisotopic (exact) mass is 242 g/mol. The Morgan fingerprint density at radius 2 is 1.24 bits per heavy atom. The standard InChI is InChI=1S/C16H34O/c1-6-13(2)9-7-10-14(3)11-8-12-15(4)16(5)17/h13-17H,6-12H2,1-5H3/t13-,14+,15+,16+/m0/s1. The van der Waals surface area contributed by atoms with Crippen molar-refractivity contribution in [2.45, 2.75) is 85.7 Å². The van der Waals surface area contributed by atoms with Gasteiger partial charge in [-0.15, -0.1) is 0 Å². The SMILES string of the molecule is CC[C@H](C)CCC[C@@H](C)CCC[C@@H](C)[C@@H](C)O. The van der Waals surface area contributed by atoms with Crippen molar-refractivity contribution in [2.24, 2.45) is 17.8 Å². The lowest BCUT2D eigenvalue weighted by atomic mass is 9.91. The molecule has 0 bridgehead atoms. The van der Waals surface area contributed by atoms with Gasteiger partial charge in [0.2, 0.25) is 0 Å². The summed E-state index contributed by atoms with van der Waals surface area (Å²) in [6, 6.07) is 0. The zero-order chi connectivity index (χ0) is 13.3. The largest absolute Gasteiger partial charge is 0.393 e. The van der Waals surface area contributed by atoms with E-state index in [0.29, 0.717) is 5.92 Å². The highest BCUT2D eigenvalue weighted by Gasteiger charge is 2.09. The predicted octanol–water partition coefficient (Wildman–Crippen LogP) is 5.03. The third-order valence-electron chi connectivity index (χ3n) is 4.27. The first kappa shape index (κ1) is 17.0. The predicted molar refractivity (Wildman–Crippen MR) is 77.2 cm³/mol. The molecular formula is C16H34O. The van der Waals surface area contributed by atoms with E-state index in [1.807, 2.05) is 6.92 Å². The fourth-order valence-corrected chi connectivity index (χ4v) is 2.19. The van der Waals surface area contributed by atoms with Crippen LogP contribution in [0.4, 0.5) is 0 Å². The molecule has 4 atom stereocenters. The zero-order valence-electron chi connectivity index (χ0n) is 12.7. The summed E-state index contributed by atoms with van der Waals surface area (Å²) in [7, 11) is 0. The van der Waals surface area contributed by atoms with Crippen molar-refractivity contribution in [1.29, 1.82) is 0 Å². The lowest BCUT2D eigenvalue weighted by molar-refractivity contribution is 0.127. The van der Waals surface area contributed by atoms with Gasteiger partial charge in [-0.05, 0) is 31.1 Å². The Morgan fingerprint density at radius 3 is 1.71 bits per heavy atom. The van der Waals surface area contributed by atoms with Crippen molar-refractivity contribution < 1.29 is 5.11 Å². The van der Waals surface area contributed by atoms with Crippen LogP contribution >= 0.6 is 0 Å². The smallest absolute Gasteiger partial charge is 0.0537 e. The van der Waals surface area contributed by atoms with Crippen LogP contribution in [0.5, 0.6) is 0 Å². The lowest BCUT2D eigenvalue weighted by Crippen LogP contribution is -2.13. The van der Waals surface area contributed by atoms with Crippen LogP contribution in [0.1, 0.15) is 79.6 Å². The molecule has 1 N–H and O–H groups in total. The van der Waals surface area contributed by atoms with Crippen LogP contribution < -0.4 is 0 Å². The molecule has 0 aromatic carbocycles. The van der Waals surface area contributed by atoms with Gasteiger partial charge < -0.3 is 5.11 Å². The van der Waals surface area contributed by atoms with E-state index in [1.54, 1.807) is 0 Å². The Bertz CT molecular complexity index is 165. The second-order valence-electron chi connectivity index (χ2n) is 6.20. The fraction of sp³-hybridized carbons (Fsp3) is 1.00. The maximum absolute atomic E-state index is 9.42. The number of rotatable bonds is 10. The molecule has 0 fully saturated rings. The molecule has 1 heteroatoms. The minimum absolute atomic E-state index is 0.143. The summed E-state index contributed by atoms with van der Waals surface area (Å²) >= 11 is 0. The summed E-state index contributed by atoms with van der Waals surface area (Å²) in [5, 5.41) is 9.42. The van der Waals surface area contributed by atoms with E-state index in [2.05, 4.69) is 27.7 Å². The van der Waals surface area contributed by atoms with Gasteiger partial charge in [0.15, 0.2) is 0 Å². The molecular weight excluding hydrogens is 208 g/mol. The average Bonchev–Trinajstić information content (AvgIpc) is 2.28. The van der Waals surface area contributed by atoms with Crippen molar-refractivity contribution in [3.8, 4) is 0 Å². The Morgan fingerprint density at radius 1 is 0.765 bits per heavy atom. The molecule has 1 nitrogen and oxygen atoms in total. The van der Waals surface area contributed by atoms with Crippen molar-refractivity contribution >= 4 is 0 Å². The van der Waals surface area contributed by atoms with Gasteiger partial charge in [0.05, 0.1) is 6.10 Å². The molecule has 17 heavy (non-hydrogen) atoms. The number of aliphatic hydroxyl groups excluding tert-OH is 1. The summed E-state index contributed by atoms with van der Waals surface area (Å²) in [5.74, 6) is 2.22. The maximum atomic E-state index is 9.42. The van der Waals surface area contributed by atoms with Gasteiger partial charge in [-0.3, -0.25) is 0 Å². The highest BCUT2D eigenvalue weighted by Crippen LogP contribution is 2.20. The molecule has 0 saturated heterocycles. The van der Waals surface area contributed by atoms with Gasteiger partial charge in [-0.25, -0.2) is 0 Å². The van der Waals surface area contributed by atoms with Crippen LogP contribution in [0.25, 0.3) is 0 Å². The fourth-order valence-electron chi connectivity index (χ4n) is 2.19. The Hall–Kier alpha value is -0.0400. The minimum atomic E-state index is -0.143. The second kappa shape index (κ2) is 9.94. The molecule has 0 unspecified atom stereocenters. The molecule has 0 radical (unpaired) electrons. The normalized spacial score (nSPS) is 18.7. The molecule has 0 aliphatic carbocycles. The third-order valence-corrected chi connectivity index (χ3v) is 4.27. The summed E-state index contributed by atoms with van der Waals surface area (Å²) in [4.78, 5) is 0. The van der Waals surface area contributed by atoms with Crippen LogP contribution in [0.15, 0.2) is 0 Å². The number of aliphatic hydroxyl groups is 1. The topological polar surface area (TPSA) is 20.2 Å². The van der Waals surface area contributed by atoms with Crippen molar-refractivity contribution in [3.63, 3.8) is 0 Å². The van der Waals surface area contributed by atoms with E-state index in [1.165, 1.54) is 44.9 Å². The van der Waals surface area contributed by atoms with E-state index >= 15 is 0 Å². The summed E-state index contributed by atoms with van der Waals surface area (Å²) in [6.45, 7) is 11.1. The number of hydrogen-bond acceptors (Lipinski definition) is 1. The quantitative estimate of drug-likeness (QED) is 0.570. The van der Waals surface area contributed by atoms with Crippen LogP contribution in [0, 0.1) is 17.8 Å². The van der Waals surface area contributed by atoms with Crippen LogP contribution in [0.2, 0.25) is 0 Å². The second-order valence-corrected chi connectivity index (χ2v) is 6.20. The van der Waals surface area contributed by atoms with Gasteiger partial charge in [-0.2, -0.15) is 0 Å². The van der Waals surface area contributed by atoms with Crippen molar-refractivity contribution in [2.75, 3.05) is 0 Å². The summed E-state index contributed by atoms with van der Waals surface area (Å²) in [6.07, 6.45) is 9.12. The highest BCUT2D eigenvalue weighted by molar-refractivity contribution is 4.62. The maximum Gasteiger partial charge on any atom is 0.0537 e. The van der Waals surface area contributed by atoms with E-state index < -0.39 is 0 Å². The molecule has 0 aromatic rings. The van der Waals surface area contributed by atoms with Crippen LogP contribution in [-0.4, -0.2) is 11.2 Å². The summed E-state index contributed by atoms with van der Waals surface area (Å²) < 4.78 is 0. The molecule has 0 aliphatic heterocycles. The lowest BCUT2D eigenvalue weighted by Gasteiger charge is -2.16. The van der Waals surface area contributed by atoms with Gasteiger partial charge in [-0.1, -0.05) is 66.2 Å². The van der Waals surface area contributed by atoms with Crippen molar-refractivity contribution in [3.05, 3.63) is 0 Å². The zero-order valence-corrected chi connectivity index (χ0v) is 12.7. The Labute approximate surface area is 109 Å². The van der Waals surface area contributed by atoms with Crippen LogP contribution in [0.3, 0.4) is 0 Å². The average molecular weight is 242 g/mol. The Kier molecular flexibility index (Phi) is 9.91. The van der Waals surface area contributed by atoms with Gasteiger partial charge in [0, 0.05) is 0 Å².